The van der Waals surface area contributed by atoms with E-state index in [0.29, 0.717) is 25.9 Å². The Morgan fingerprint density at radius 2 is 2.06 bits per heavy atom. The number of amides is 1. The van der Waals surface area contributed by atoms with Crippen LogP contribution in [-0.4, -0.2) is 88.4 Å². The third-order valence-electron chi connectivity index (χ3n) is 10.6. The van der Waals surface area contributed by atoms with E-state index >= 15 is 4.39 Å². The van der Waals surface area contributed by atoms with E-state index in [0.717, 1.165) is 30.7 Å². The molecule has 5 heterocycles. The van der Waals surface area contributed by atoms with Gasteiger partial charge >= 0.3 is 6.01 Å². The Hall–Kier alpha value is -3.93. The van der Waals surface area contributed by atoms with E-state index in [4.69, 9.17) is 27.1 Å². The number of hydrogen-bond donors (Lipinski definition) is 1. The van der Waals surface area contributed by atoms with Crippen molar-refractivity contribution in [3.05, 3.63) is 40.4 Å². The number of nitrogen functional groups attached to an aromatic ring is 1. The van der Waals surface area contributed by atoms with Crippen LogP contribution in [0.2, 0.25) is 5.02 Å². The summed E-state index contributed by atoms with van der Waals surface area (Å²) in [6, 6.07) is 5.13. The number of anilines is 2. The van der Waals surface area contributed by atoms with Crippen molar-refractivity contribution in [2.45, 2.75) is 75.9 Å². The Labute approximate surface area is 295 Å². The van der Waals surface area contributed by atoms with Crippen LogP contribution in [0.25, 0.3) is 32.1 Å². The molecule has 2 aromatic carbocycles. The van der Waals surface area contributed by atoms with E-state index in [1.807, 2.05) is 13.0 Å². The van der Waals surface area contributed by atoms with Gasteiger partial charge in [-0.05, 0) is 64.3 Å². The fraction of sp³-hybridized carbons (Fsp3) is 0.486. The normalized spacial score (nSPS) is 23.9. The van der Waals surface area contributed by atoms with Crippen LogP contribution < -0.4 is 15.4 Å². The van der Waals surface area contributed by atoms with Gasteiger partial charge in [-0.1, -0.05) is 17.7 Å². The van der Waals surface area contributed by atoms with E-state index in [1.54, 1.807) is 11.9 Å². The van der Waals surface area contributed by atoms with Gasteiger partial charge in [-0.15, -0.1) is 11.3 Å². The van der Waals surface area contributed by atoms with Crippen molar-refractivity contribution in [2.75, 3.05) is 43.9 Å². The minimum Gasteiger partial charge on any atom is -0.461 e. The van der Waals surface area contributed by atoms with Crippen LogP contribution in [0.5, 0.6) is 6.01 Å². The second kappa shape index (κ2) is 12.4. The minimum atomic E-state index is -2.06. The molecule has 0 bridgehead atoms. The molecule has 4 unspecified atom stereocenters. The van der Waals surface area contributed by atoms with Gasteiger partial charge in [0.2, 0.25) is 0 Å². The SMILES string of the molecule is CC1C(N(C)c2nc(OCC34CCCN3CC(F)C4)nc3c(F)c(-c4ccc(F)c5sc(N)c(C#N)c45)c(Cl)cc23)CCN1C(=O)C(C)(C)F. The van der Waals surface area contributed by atoms with Gasteiger partial charge in [0.05, 0.1) is 26.9 Å². The Kier molecular flexibility index (Phi) is 8.55. The maximum absolute atomic E-state index is 17.1. The number of alkyl halides is 2. The molecule has 9 nitrogen and oxygen atoms in total. The predicted octanol–water partition coefficient (Wildman–Crippen LogP) is 7.03. The number of nitriles is 1. The molecule has 15 heteroatoms. The summed E-state index contributed by atoms with van der Waals surface area (Å²) in [4.78, 5) is 27.6. The van der Waals surface area contributed by atoms with E-state index in [2.05, 4.69) is 9.88 Å². The molecule has 4 aromatic rings. The topological polar surface area (TPSA) is 112 Å². The molecule has 4 atom stereocenters. The average molecular weight is 730 g/mol. The quantitative estimate of drug-likeness (QED) is 0.202. The van der Waals surface area contributed by atoms with Gasteiger partial charge in [-0.2, -0.15) is 15.2 Å². The molecule has 0 aliphatic carbocycles. The lowest BCUT2D eigenvalue weighted by Gasteiger charge is -2.34. The maximum Gasteiger partial charge on any atom is 0.319 e. The molecular weight excluding hydrogens is 694 g/mol. The van der Waals surface area contributed by atoms with Crippen molar-refractivity contribution in [1.82, 2.24) is 19.8 Å². The van der Waals surface area contributed by atoms with Gasteiger partial charge in [0.1, 0.15) is 41.0 Å². The number of halogens is 5. The lowest BCUT2D eigenvalue weighted by Crippen LogP contribution is -2.49. The molecule has 0 saturated carbocycles. The van der Waals surface area contributed by atoms with Crippen molar-refractivity contribution in [1.29, 1.82) is 5.26 Å². The second-order valence-electron chi connectivity index (χ2n) is 14.1. The number of nitrogens with two attached hydrogens (primary N) is 1. The van der Waals surface area contributed by atoms with Crippen LogP contribution in [0.3, 0.4) is 0 Å². The molecule has 0 radical (unpaired) electrons. The molecule has 0 spiro atoms. The standard InChI is InChI=1S/C35H36ClF4N7O2S/c1-17-24(8-11-47(17)32(48)34(2,3)40)45(4)31-20-12-22(36)26(19-6-7-23(38)29-25(19)21(14-41)30(42)50-29)27(39)28(20)43-33(44-31)49-16-35-9-5-10-46(35)15-18(37)13-35/h6-7,12,17-18,24H,5,8-11,13,15-16,42H2,1-4H3. The lowest BCUT2D eigenvalue weighted by atomic mass is 9.95. The number of likely N-dealkylation sites (N-methyl/N-ethyl adjacent to an activating group) is 1. The van der Waals surface area contributed by atoms with E-state index in [9.17, 15) is 23.2 Å². The van der Waals surface area contributed by atoms with Crippen molar-refractivity contribution in [3.63, 3.8) is 0 Å². The Morgan fingerprint density at radius 3 is 2.78 bits per heavy atom. The summed E-state index contributed by atoms with van der Waals surface area (Å²) in [6.07, 6.45) is 1.44. The van der Waals surface area contributed by atoms with Crippen molar-refractivity contribution >= 4 is 60.7 Å². The third-order valence-corrected chi connectivity index (χ3v) is 11.9. The van der Waals surface area contributed by atoms with Crippen LogP contribution in [0.15, 0.2) is 18.2 Å². The summed E-state index contributed by atoms with van der Waals surface area (Å²) in [6.45, 7) is 5.75. The van der Waals surface area contributed by atoms with Crippen molar-refractivity contribution in [3.8, 4) is 23.2 Å². The number of carbonyl (C=O) groups excluding carboxylic acids is 1. The fourth-order valence-corrected chi connectivity index (χ4v) is 9.37. The number of nitrogens with zero attached hydrogens (tertiary/aromatic N) is 6. The summed E-state index contributed by atoms with van der Waals surface area (Å²) in [5.41, 5.74) is 3.40. The average Bonchev–Trinajstić information content (AvgIpc) is 3.80. The van der Waals surface area contributed by atoms with Crippen LogP contribution in [0.4, 0.5) is 28.4 Å². The van der Waals surface area contributed by atoms with Crippen LogP contribution in [0, 0.1) is 23.0 Å². The summed E-state index contributed by atoms with van der Waals surface area (Å²) in [7, 11) is 1.75. The highest BCUT2D eigenvalue weighted by molar-refractivity contribution is 7.23. The van der Waals surface area contributed by atoms with Crippen LogP contribution >= 0.6 is 22.9 Å². The largest absolute Gasteiger partial charge is 0.461 e. The summed E-state index contributed by atoms with van der Waals surface area (Å²) < 4.78 is 67.6. The number of aromatic nitrogens is 2. The van der Waals surface area contributed by atoms with Gasteiger partial charge in [0, 0.05) is 48.9 Å². The summed E-state index contributed by atoms with van der Waals surface area (Å²) >= 11 is 7.73. The molecule has 3 aliphatic rings. The number of rotatable bonds is 7. The first-order chi connectivity index (χ1) is 23.6. The van der Waals surface area contributed by atoms with Gasteiger partial charge in [0.15, 0.2) is 11.5 Å². The predicted molar refractivity (Wildman–Crippen MR) is 186 cm³/mol. The highest BCUT2D eigenvalue weighted by atomic mass is 35.5. The molecule has 3 fully saturated rings. The van der Waals surface area contributed by atoms with Crippen molar-refractivity contribution < 1.29 is 27.1 Å². The number of benzene rings is 2. The Bertz CT molecular complexity index is 2080. The maximum atomic E-state index is 17.1. The molecule has 3 aliphatic heterocycles. The Balaban J connectivity index is 1.37. The third kappa shape index (κ3) is 5.49. The highest BCUT2D eigenvalue weighted by Crippen LogP contribution is 2.46. The van der Waals surface area contributed by atoms with Gasteiger partial charge < -0.3 is 20.3 Å². The molecule has 2 aromatic heterocycles. The molecule has 1 amide bonds. The van der Waals surface area contributed by atoms with Crippen LogP contribution in [-0.2, 0) is 4.79 Å². The molecule has 7 rings (SSSR count). The van der Waals surface area contributed by atoms with E-state index in [1.165, 1.54) is 36.9 Å². The smallest absolute Gasteiger partial charge is 0.319 e. The molecule has 50 heavy (non-hydrogen) atoms. The number of thiophene rings is 1. The number of likely N-dealkylation sites (tertiary alicyclic amines) is 1. The zero-order valence-electron chi connectivity index (χ0n) is 28.0. The summed E-state index contributed by atoms with van der Waals surface area (Å²) in [5.74, 6) is -1.83. The molecule has 264 valence electrons. The minimum absolute atomic E-state index is 0.0103. The zero-order chi connectivity index (χ0) is 35.9. The van der Waals surface area contributed by atoms with Crippen molar-refractivity contribution in [2.24, 2.45) is 0 Å². The molecule has 2 N–H and O–H groups in total. The molecule has 3 saturated heterocycles. The molecular formula is C35H36ClF4N7O2S. The number of ether oxygens (including phenoxy) is 1. The first-order valence-electron chi connectivity index (χ1n) is 16.5. The first kappa shape index (κ1) is 34.5. The van der Waals surface area contributed by atoms with Gasteiger partial charge in [-0.3, -0.25) is 9.69 Å². The number of carbonyl (C=O) groups is 1. The lowest BCUT2D eigenvalue weighted by molar-refractivity contribution is -0.142. The zero-order valence-corrected chi connectivity index (χ0v) is 29.6. The van der Waals surface area contributed by atoms with E-state index in [-0.39, 0.29) is 72.2 Å². The first-order valence-corrected chi connectivity index (χ1v) is 17.7. The highest BCUT2D eigenvalue weighted by Gasteiger charge is 2.49. The van der Waals surface area contributed by atoms with Crippen LogP contribution in [0.1, 0.15) is 52.0 Å². The second-order valence-corrected chi connectivity index (χ2v) is 15.5. The summed E-state index contributed by atoms with van der Waals surface area (Å²) in [5, 5.41) is 10.3. The van der Waals surface area contributed by atoms with E-state index < -0.39 is 41.0 Å². The number of hydrogen-bond acceptors (Lipinski definition) is 9. The van der Waals surface area contributed by atoms with Gasteiger partial charge in [0.25, 0.3) is 5.91 Å². The number of fused-ring (bicyclic) bond motifs is 3. The fourth-order valence-electron chi connectivity index (χ4n) is 8.12. The van der Waals surface area contributed by atoms with Gasteiger partial charge in [-0.25, -0.2) is 17.6 Å². The monoisotopic (exact) mass is 729 g/mol. The Morgan fingerprint density at radius 1 is 1.30 bits per heavy atom.